The van der Waals surface area contributed by atoms with E-state index in [2.05, 4.69) is 41.2 Å². The number of hydrogen-bond donors (Lipinski definition) is 0. The molecular formula is C19H24N4O. The average Bonchev–Trinajstić information content (AvgIpc) is 3.28. The Kier molecular flexibility index (Phi) is 3.79. The lowest BCUT2D eigenvalue weighted by molar-refractivity contribution is -0.132. The van der Waals surface area contributed by atoms with Crippen molar-refractivity contribution in [3.05, 3.63) is 47.8 Å². The minimum Gasteiger partial charge on any atom is -0.368 e. The van der Waals surface area contributed by atoms with E-state index in [0.29, 0.717) is 11.8 Å². The molecule has 1 aromatic carbocycles. The lowest BCUT2D eigenvalue weighted by Crippen LogP contribution is -2.49. The van der Waals surface area contributed by atoms with Gasteiger partial charge in [-0.1, -0.05) is 12.1 Å². The van der Waals surface area contributed by atoms with Crippen LogP contribution in [0.2, 0.25) is 0 Å². The molecule has 0 bridgehead atoms. The van der Waals surface area contributed by atoms with Crippen LogP contribution in [0.1, 0.15) is 23.5 Å². The van der Waals surface area contributed by atoms with Gasteiger partial charge in [0.1, 0.15) is 0 Å². The minimum absolute atomic E-state index is 0.166. The summed E-state index contributed by atoms with van der Waals surface area (Å²) in [5.74, 6) is 0.869. The fraction of sp³-hybridized carbons (Fsp3) is 0.474. The third kappa shape index (κ3) is 2.90. The van der Waals surface area contributed by atoms with Crippen LogP contribution in [0.15, 0.2) is 36.7 Å². The Morgan fingerprint density at radius 3 is 2.67 bits per heavy atom. The molecule has 24 heavy (non-hydrogen) atoms. The van der Waals surface area contributed by atoms with E-state index < -0.39 is 0 Å². The van der Waals surface area contributed by atoms with E-state index in [1.165, 1.54) is 16.8 Å². The van der Waals surface area contributed by atoms with Crippen LogP contribution >= 0.6 is 0 Å². The quantitative estimate of drug-likeness (QED) is 0.869. The molecule has 126 valence electrons. The number of hydrogen-bond acceptors (Lipinski definition) is 3. The third-order valence-corrected chi connectivity index (χ3v) is 5.22. The Balaban J connectivity index is 1.34. The van der Waals surface area contributed by atoms with Crippen LogP contribution in [0, 0.1) is 12.8 Å². The summed E-state index contributed by atoms with van der Waals surface area (Å²) in [5.41, 5.74) is 3.75. The largest absolute Gasteiger partial charge is 0.368 e. The van der Waals surface area contributed by atoms with Crippen molar-refractivity contribution in [1.82, 2.24) is 14.7 Å². The SMILES string of the molecule is Cc1cccc(N2CCN(C(=O)[C@@H]3C[C@H]3c3cnn(C)c3)CC2)c1. The van der Waals surface area contributed by atoms with Gasteiger partial charge in [-0.05, 0) is 42.5 Å². The van der Waals surface area contributed by atoms with Crippen molar-refractivity contribution < 1.29 is 4.79 Å². The molecule has 0 N–H and O–H groups in total. The molecular weight excluding hydrogens is 300 g/mol. The summed E-state index contributed by atoms with van der Waals surface area (Å²) in [6, 6.07) is 8.60. The van der Waals surface area contributed by atoms with Crippen molar-refractivity contribution in [3.8, 4) is 0 Å². The molecule has 4 rings (SSSR count). The average molecular weight is 324 g/mol. The number of nitrogens with zero attached hydrogens (tertiary/aromatic N) is 4. The maximum absolute atomic E-state index is 12.7. The lowest BCUT2D eigenvalue weighted by atomic mass is 10.1. The van der Waals surface area contributed by atoms with E-state index in [0.717, 1.165) is 32.6 Å². The first-order valence-corrected chi connectivity index (χ1v) is 8.71. The molecule has 2 heterocycles. The summed E-state index contributed by atoms with van der Waals surface area (Å²) in [7, 11) is 1.92. The van der Waals surface area contributed by atoms with Crippen molar-refractivity contribution in [1.29, 1.82) is 0 Å². The summed E-state index contributed by atoms with van der Waals surface area (Å²) >= 11 is 0. The smallest absolute Gasteiger partial charge is 0.226 e. The Bertz CT molecular complexity index is 745. The minimum atomic E-state index is 0.166. The van der Waals surface area contributed by atoms with Gasteiger partial charge in [0, 0.05) is 51.0 Å². The topological polar surface area (TPSA) is 41.4 Å². The number of anilines is 1. The Morgan fingerprint density at radius 2 is 2.00 bits per heavy atom. The van der Waals surface area contributed by atoms with Gasteiger partial charge in [0.2, 0.25) is 5.91 Å². The van der Waals surface area contributed by atoms with Crippen molar-refractivity contribution >= 4 is 11.6 Å². The van der Waals surface area contributed by atoms with E-state index in [-0.39, 0.29) is 5.92 Å². The number of aryl methyl sites for hydroxylation is 2. The highest BCUT2D eigenvalue weighted by Gasteiger charge is 2.46. The molecule has 0 unspecified atom stereocenters. The van der Waals surface area contributed by atoms with E-state index in [1.54, 1.807) is 0 Å². The highest BCUT2D eigenvalue weighted by Crippen LogP contribution is 2.48. The number of amides is 1. The molecule has 5 heteroatoms. The van der Waals surface area contributed by atoms with Gasteiger partial charge in [-0.2, -0.15) is 5.10 Å². The summed E-state index contributed by atoms with van der Waals surface area (Å²) in [6.07, 6.45) is 4.91. The van der Waals surface area contributed by atoms with Crippen molar-refractivity contribution in [2.24, 2.45) is 13.0 Å². The number of benzene rings is 1. The zero-order chi connectivity index (χ0) is 16.7. The van der Waals surface area contributed by atoms with Crippen LogP contribution in [0.5, 0.6) is 0 Å². The zero-order valence-corrected chi connectivity index (χ0v) is 14.4. The number of piperazine rings is 1. The maximum atomic E-state index is 12.7. The molecule has 5 nitrogen and oxygen atoms in total. The number of aromatic nitrogens is 2. The molecule has 2 fully saturated rings. The maximum Gasteiger partial charge on any atom is 0.226 e. The summed E-state index contributed by atoms with van der Waals surface area (Å²) in [5, 5.41) is 4.22. The van der Waals surface area contributed by atoms with Crippen LogP contribution < -0.4 is 4.90 Å². The number of rotatable bonds is 3. The van der Waals surface area contributed by atoms with Gasteiger partial charge in [-0.3, -0.25) is 9.48 Å². The van der Waals surface area contributed by atoms with Gasteiger partial charge in [0.25, 0.3) is 0 Å². The normalized spacial score (nSPS) is 23.4. The van der Waals surface area contributed by atoms with Crippen LogP contribution in [0.3, 0.4) is 0 Å². The number of carbonyl (C=O) groups excluding carboxylic acids is 1. The lowest BCUT2D eigenvalue weighted by Gasteiger charge is -2.36. The summed E-state index contributed by atoms with van der Waals surface area (Å²) in [4.78, 5) is 17.2. The molecule has 2 atom stereocenters. The Hall–Kier alpha value is -2.30. The summed E-state index contributed by atoms with van der Waals surface area (Å²) < 4.78 is 1.82. The van der Waals surface area contributed by atoms with Crippen molar-refractivity contribution in [2.45, 2.75) is 19.3 Å². The van der Waals surface area contributed by atoms with Crippen LogP contribution in [-0.2, 0) is 11.8 Å². The van der Waals surface area contributed by atoms with Gasteiger partial charge < -0.3 is 9.80 Å². The number of carbonyl (C=O) groups is 1. The van der Waals surface area contributed by atoms with Crippen LogP contribution in [0.25, 0.3) is 0 Å². The monoisotopic (exact) mass is 324 g/mol. The Labute approximate surface area is 142 Å². The van der Waals surface area contributed by atoms with Gasteiger partial charge in [-0.15, -0.1) is 0 Å². The molecule has 2 aromatic rings. The fourth-order valence-corrected chi connectivity index (χ4v) is 3.71. The zero-order valence-electron chi connectivity index (χ0n) is 14.4. The summed E-state index contributed by atoms with van der Waals surface area (Å²) in [6.45, 7) is 5.60. The molecule has 1 saturated heterocycles. The molecule has 0 spiro atoms. The van der Waals surface area contributed by atoms with Crippen molar-refractivity contribution in [2.75, 3.05) is 31.1 Å². The molecule has 2 aliphatic rings. The molecule has 1 aromatic heterocycles. The van der Waals surface area contributed by atoms with Gasteiger partial charge in [-0.25, -0.2) is 0 Å². The second-order valence-corrected chi connectivity index (χ2v) is 7.05. The fourth-order valence-electron chi connectivity index (χ4n) is 3.71. The van der Waals surface area contributed by atoms with Crippen LogP contribution in [-0.4, -0.2) is 46.8 Å². The first-order valence-electron chi connectivity index (χ1n) is 8.71. The predicted octanol–water partition coefficient (Wildman–Crippen LogP) is 2.18. The van der Waals surface area contributed by atoms with E-state index >= 15 is 0 Å². The van der Waals surface area contributed by atoms with E-state index in [9.17, 15) is 4.79 Å². The highest BCUT2D eigenvalue weighted by atomic mass is 16.2. The van der Waals surface area contributed by atoms with Gasteiger partial charge in [0.15, 0.2) is 0 Å². The molecule has 1 aliphatic carbocycles. The molecule has 1 aliphatic heterocycles. The molecule has 1 amide bonds. The predicted molar refractivity (Wildman–Crippen MR) is 94.0 cm³/mol. The standard InChI is InChI=1S/C19H24N4O/c1-14-4-3-5-16(10-14)22-6-8-23(9-7-22)19(24)18-11-17(18)15-12-20-21(2)13-15/h3-5,10,12-13,17-18H,6-9,11H2,1-2H3/t17-,18+/m0/s1. The first-order chi connectivity index (χ1) is 11.6. The van der Waals surface area contributed by atoms with E-state index in [1.807, 2.05) is 29.0 Å². The second kappa shape index (κ2) is 5.96. The van der Waals surface area contributed by atoms with E-state index in [4.69, 9.17) is 0 Å². The van der Waals surface area contributed by atoms with Crippen LogP contribution in [0.4, 0.5) is 5.69 Å². The third-order valence-electron chi connectivity index (χ3n) is 5.22. The van der Waals surface area contributed by atoms with Gasteiger partial charge in [0.05, 0.1) is 6.20 Å². The second-order valence-electron chi connectivity index (χ2n) is 7.05. The first kappa shape index (κ1) is 15.2. The highest BCUT2D eigenvalue weighted by molar-refractivity contribution is 5.83. The van der Waals surface area contributed by atoms with Crippen molar-refractivity contribution in [3.63, 3.8) is 0 Å². The Morgan fingerprint density at radius 1 is 1.21 bits per heavy atom. The molecule has 1 saturated carbocycles. The molecule has 0 radical (unpaired) electrons. The van der Waals surface area contributed by atoms with Gasteiger partial charge >= 0.3 is 0 Å².